The molecule has 0 saturated heterocycles. The normalized spacial score (nSPS) is 13.0. The second-order valence-corrected chi connectivity index (χ2v) is 7.61. The Morgan fingerprint density at radius 1 is 1.05 bits per heavy atom. The summed E-state index contributed by atoms with van der Waals surface area (Å²) in [5, 5.41) is 4.16. The summed E-state index contributed by atoms with van der Waals surface area (Å²) in [6.07, 6.45) is 1.19. The lowest BCUT2D eigenvalue weighted by Crippen LogP contribution is -2.10. The quantitative estimate of drug-likeness (QED) is 0.884. The molecule has 0 fully saturated rings. The molecule has 0 spiro atoms. The predicted molar refractivity (Wildman–Crippen MR) is 88.1 cm³/mol. The Morgan fingerprint density at radius 2 is 1.71 bits per heavy atom. The van der Waals surface area contributed by atoms with E-state index in [1.165, 1.54) is 6.26 Å². The van der Waals surface area contributed by atoms with Crippen molar-refractivity contribution in [2.24, 2.45) is 0 Å². The molecule has 1 unspecified atom stereocenters. The van der Waals surface area contributed by atoms with Crippen LogP contribution < -0.4 is 5.32 Å². The predicted octanol–water partition coefficient (Wildman–Crippen LogP) is 4.57. The van der Waals surface area contributed by atoms with Crippen LogP contribution >= 0.6 is 23.2 Å². The molecule has 0 amide bonds. The Kier molecular flexibility index (Phi) is 4.81. The van der Waals surface area contributed by atoms with Gasteiger partial charge in [-0.1, -0.05) is 41.4 Å². The lowest BCUT2D eigenvalue weighted by molar-refractivity contribution is 0.602. The first-order chi connectivity index (χ1) is 9.79. The molecule has 21 heavy (non-hydrogen) atoms. The maximum absolute atomic E-state index is 11.8. The maximum Gasteiger partial charge on any atom is 0.177 e. The number of para-hydroxylation sites is 1. The van der Waals surface area contributed by atoms with Crippen molar-refractivity contribution in [1.29, 1.82) is 0 Å². The van der Waals surface area contributed by atoms with Gasteiger partial charge in [-0.3, -0.25) is 0 Å². The molecule has 0 aliphatic rings. The van der Waals surface area contributed by atoms with Crippen LogP contribution in [0.4, 0.5) is 5.69 Å². The van der Waals surface area contributed by atoms with E-state index < -0.39 is 9.84 Å². The molecule has 6 heteroatoms. The van der Waals surface area contributed by atoms with E-state index in [2.05, 4.69) is 5.32 Å². The fourth-order valence-corrected chi connectivity index (χ4v) is 3.17. The zero-order valence-corrected chi connectivity index (χ0v) is 13.9. The number of anilines is 1. The van der Waals surface area contributed by atoms with Gasteiger partial charge in [0.15, 0.2) is 9.84 Å². The molecule has 2 rings (SSSR count). The van der Waals surface area contributed by atoms with Crippen LogP contribution in [0.15, 0.2) is 47.4 Å². The maximum atomic E-state index is 11.8. The third-order valence-corrected chi connectivity index (χ3v) is 5.00. The first-order valence-corrected chi connectivity index (χ1v) is 8.94. The van der Waals surface area contributed by atoms with E-state index in [1.54, 1.807) is 36.4 Å². The molecule has 112 valence electrons. The molecule has 0 saturated carbocycles. The van der Waals surface area contributed by atoms with E-state index >= 15 is 0 Å². The molecule has 2 aromatic carbocycles. The summed E-state index contributed by atoms with van der Waals surface area (Å²) >= 11 is 11.9. The zero-order valence-electron chi connectivity index (χ0n) is 11.6. The molecular formula is C15H15Cl2NO2S. The van der Waals surface area contributed by atoms with Gasteiger partial charge >= 0.3 is 0 Å². The van der Waals surface area contributed by atoms with Crippen LogP contribution in [0.2, 0.25) is 10.0 Å². The van der Waals surface area contributed by atoms with E-state index in [0.717, 1.165) is 5.56 Å². The van der Waals surface area contributed by atoms with Gasteiger partial charge in [0.05, 0.1) is 20.6 Å². The molecular weight excluding hydrogens is 329 g/mol. The molecule has 0 aromatic heterocycles. The molecule has 0 aliphatic heterocycles. The molecule has 1 atom stereocenters. The monoisotopic (exact) mass is 343 g/mol. The summed E-state index contributed by atoms with van der Waals surface area (Å²) < 4.78 is 23.6. The molecule has 3 nitrogen and oxygen atoms in total. The van der Waals surface area contributed by atoms with Crippen molar-refractivity contribution in [3.63, 3.8) is 0 Å². The summed E-state index contributed by atoms with van der Waals surface area (Å²) in [7, 11) is -3.29. The minimum Gasteiger partial charge on any atom is -0.377 e. The van der Waals surface area contributed by atoms with Crippen molar-refractivity contribution >= 4 is 38.7 Å². The minimum atomic E-state index is -3.29. The fraction of sp³-hybridized carbons (Fsp3) is 0.200. The first-order valence-electron chi connectivity index (χ1n) is 6.29. The molecule has 1 N–H and O–H groups in total. The van der Waals surface area contributed by atoms with Gasteiger partial charge < -0.3 is 5.32 Å². The van der Waals surface area contributed by atoms with Gasteiger partial charge in [-0.25, -0.2) is 8.42 Å². The van der Waals surface area contributed by atoms with Crippen LogP contribution in [0.5, 0.6) is 0 Å². The average molecular weight is 344 g/mol. The molecule has 0 bridgehead atoms. The van der Waals surface area contributed by atoms with Gasteiger partial charge in [0.2, 0.25) is 0 Å². The standard InChI is InChI=1S/C15H15Cl2NO2S/c1-10(11-7-8-12(16)13(17)9-11)18-14-5-3-4-6-15(14)21(2,19)20/h3-10,18H,1-2H3. The Bertz CT molecular complexity index is 760. The number of nitrogens with one attached hydrogen (secondary N) is 1. The number of halogens is 2. The third-order valence-electron chi connectivity index (χ3n) is 3.10. The number of benzene rings is 2. The molecule has 2 aromatic rings. The van der Waals surface area contributed by atoms with Gasteiger partial charge in [-0.05, 0) is 36.8 Å². The first kappa shape index (κ1) is 16.1. The summed E-state index contributed by atoms with van der Waals surface area (Å²) in [5.74, 6) is 0. The zero-order chi connectivity index (χ0) is 15.6. The Morgan fingerprint density at radius 3 is 2.33 bits per heavy atom. The summed E-state index contributed by atoms with van der Waals surface area (Å²) in [5.41, 5.74) is 1.49. The van der Waals surface area contributed by atoms with Crippen LogP contribution in [-0.2, 0) is 9.84 Å². The summed E-state index contributed by atoms with van der Waals surface area (Å²) in [4.78, 5) is 0.275. The van der Waals surface area contributed by atoms with E-state index in [1.807, 2.05) is 13.0 Å². The van der Waals surface area contributed by atoms with Crippen molar-refractivity contribution in [3.05, 3.63) is 58.1 Å². The number of hydrogen-bond acceptors (Lipinski definition) is 3. The highest BCUT2D eigenvalue weighted by atomic mass is 35.5. The van der Waals surface area contributed by atoms with Gasteiger partial charge in [0.1, 0.15) is 0 Å². The molecule has 0 radical (unpaired) electrons. The molecule has 0 heterocycles. The van der Waals surface area contributed by atoms with E-state index in [-0.39, 0.29) is 10.9 Å². The van der Waals surface area contributed by atoms with Gasteiger partial charge in [-0.15, -0.1) is 0 Å². The van der Waals surface area contributed by atoms with Crippen molar-refractivity contribution in [2.45, 2.75) is 17.9 Å². The van der Waals surface area contributed by atoms with Crippen LogP contribution in [0, 0.1) is 0 Å². The topological polar surface area (TPSA) is 46.2 Å². The van der Waals surface area contributed by atoms with Crippen LogP contribution in [0.1, 0.15) is 18.5 Å². The second kappa shape index (κ2) is 6.26. The minimum absolute atomic E-state index is 0.109. The Hall–Kier alpha value is -1.23. The smallest absolute Gasteiger partial charge is 0.177 e. The van der Waals surface area contributed by atoms with Gasteiger partial charge in [-0.2, -0.15) is 0 Å². The lowest BCUT2D eigenvalue weighted by atomic mass is 10.1. The largest absolute Gasteiger partial charge is 0.377 e. The van der Waals surface area contributed by atoms with E-state index in [0.29, 0.717) is 15.7 Å². The third kappa shape index (κ3) is 3.90. The number of sulfone groups is 1. The number of rotatable bonds is 4. The van der Waals surface area contributed by atoms with Crippen molar-refractivity contribution in [2.75, 3.05) is 11.6 Å². The highest BCUT2D eigenvalue weighted by Gasteiger charge is 2.15. The van der Waals surface area contributed by atoms with E-state index in [9.17, 15) is 8.42 Å². The van der Waals surface area contributed by atoms with Gasteiger partial charge in [0.25, 0.3) is 0 Å². The van der Waals surface area contributed by atoms with Gasteiger partial charge in [0, 0.05) is 12.3 Å². The van der Waals surface area contributed by atoms with Crippen molar-refractivity contribution in [1.82, 2.24) is 0 Å². The van der Waals surface area contributed by atoms with Crippen molar-refractivity contribution < 1.29 is 8.42 Å². The number of hydrogen-bond donors (Lipinski definition) is 1. The Balaban J connectivity index is 2.32. The van der Waals surface area contributed by atoms with Crippen molar-refractivity contribution in [3.8, 4) is 0 Å². The lowest BCUT2D eigenvalue weighted by Gasteiger charge is -2.18. The SMILES string of the molecule is CC(Nc1ccccc1S(C)(=O)=O)c1ccc(Cl)c(Cl)c1. The van der Waals surface area contributed by atoms with Crippen LogP contribution in [0.3, 0.4) is 0 Å². The summed E-state index contributed by atoms with van der Waals surface area (Å²) in [6, 6.07) is 12.1. The summed E-state index contributed by atoms with van der Waals surface area (Å²) in [6.45, 7) is 1.93. The fourth-order valence-electron chi connectivity index (χ4n) is 2.01. The van der Waals surface area contributed by atoms with Crippen LogP contribution in [0.25, 0.3) is 0 Å². The molecule has 0 aliphatic carbocycles. The second-order valence-electron chi connectivity index (χ2n) is 4.81. The highest BCUT2D eigenvalue weighted by Crippen LogP contribution is 2.29. The van der Waals surface area contributed by atoms with Crippen LogP contribution in [-0.4, -0.2) is 14.7 Å². The highest BCUT2D eigenvalue weighted by molar-refractivity contribution is 7.90. The van der Waals surface area contributed by atoms with E-state index in [4.69, 9.17) is 23.2 Å². The average Bonchev–Trinajstić information content (AvgIpc) is 2.41. The Labute approximate surface area is 134 Å².